The number of aryl methyl sites for hydroxylation is 2. The Bertz CT molecular complexity index is 372. The highest BCUT2D eigenvalue weighted by molar-refractivity contribution is 5.53. The van der Waals surface area contributed by atoms with E-state index in [4.69, 9.17) is 0 Å². The molecular formula is C12H19N3. The van der Waals surface area contributed by atoms with Gasteiger partial charge in [-0.05, 0) is 26.7 Å². The van der Waals surface area contributed by atoms with Crippen molar-refractivity contribution in [3.63, 3.8) is 0 Å². The molecule has 1 aliphatic rings. The molecule has 15 heavy (non-hydrogen) atoms. The summed E-state index contributed by atoms with van der Waals surface area (Å²) in [6.45, 7) is 5.22. The Morgan fingerprint density at radius 2 is 2.40 bits per heavy atom. The zero-order valence-electron chi connectivity index (χ0n) is 9.75. The highest BCUT2D eigenvalue weighted by Gasteiger charge is 2.19. The normalized spacial score (nSPS) is 17.1. The molecule has 0 bridgehead atoms. The van der Waals surface area contributed by atoms with Crippen molar-refractivity contribution in [1.29, 1.82) is 0 Å². The van der Waals surface area contributed by atoms with Crippen LogP contribution in [-0.4, -0.2) is 22.4 Å². The molecule has 0 atom stereocenters. The second-order valence-corrected chi connectivity index (χ2v) is 4.49. The first-order valence-electron chi connectivity index (χ1n) is 5.56. The van der Waals surface area contributed by atoms with Crippen molar-refractivity contribution >= 4 is 6.08 Å². The lowest BCUT2D eigenvalue weighted by atomic mass is 10.2. The lowest BCUT2D eigenvalue weighted by Gasteiger charge is -2.02. The average Bonchev–Trinajstić information content (AvgIpc) is 2.92. The van der Waals surface area contributed by atoms with E-state index >= 15 is 0 Å². The van der Waals surface area contributed by atoms with Gasteiger partial charge in [0.15, 0.2) is 0 Å². The maximum atomic E-state index is 4.32. The fourth-order valence-electron chi connectivity index (χ4n) is 1.67. The molecule has 1 heterocycles. The van der Waals surface area contributed by atoms with Gasteiger partial charge in [-0.1, -0.05) is 11.6 Å². The van der Waals surface area contributed by atoms with E-state index in [-0.39, 0.29) is 0 Å². The number of aromatic nitrogens is 2. The third-order valence-electron chi connectivity index (χ3n) is 2.70. The van der Waals surface area contributed by atoms with Crippen molar-refractivity contribution < 1.29 is 0 Å². The molecule has 0 radical (unpaired) electrons. The standard InChI is InChI=1S/C12H19N3/c1-9(7-13-12-4-5-12)6-11-8-15(3)14-10(11)2/h6,8,12-13H,4-5,7H2,1-3H3. The lowest BCUT2D eigenvalue weighted by molar-refractivity contribution is 0.736. The number of nitrogens with one attached hydrogen (secondary N) is 1. The summed E-state index contributed by atoms with van der Waals surface area (Å²) in [6.07, 6.45) is 6.98. The largest absolute Gasteiger partial charge is 0.310 e. The predicted octanol–water partition coefficient (Wildman–Crippen LogP) is 1.88. The molecule has 0 aromatic carbocycles. The molecule has 3 nitrogen and oxygen atoms in total. The van der Waals surface area contributed by atoms with Crippen molar-refractivity contribution in [3.05, 3.63) is 23.0 Å². The maximum Gasteiger partial charge on any atom is 0.0665 e. The van der Waals surface area contributed by atoms with E-state index in [2.05, 4.69) is 29.6 Å². The van der Waals surface area contributed by atoms with Gasteiger partial charge < -0.3 is 5.32 Å². The van der Waals surface area contributed by atoms with Crippen LogP contribution in [0.25, 0.3) is 6.08 Å². The van der Waals surface area contributed by atoms with Crippen molar-refractivity contribution in [2.24, 2.45) is 7.05 Å². The van der Waals surface area contributed by atoms with Gasteiger partial charge in [0.25, 0.3) is 0 Å². The molecule has 2 rings (SSSR count). The van der Waals surface area contributed by atoms with Gasteiger partial charge in [0.2, 0.25) is 0 Å². The average molecular weight is 205 g/mol. The molecule has 1 saturated carbocycles. The van der Waals surface area contributed by atoms with E-state index in [1.165, 1.54) is 24.0 Å². The maximum absolute atomic E-state index is 4.32. The van der Waals surface area contributed by atoms with Crippen LogP contribution in [0.15, 0.2) is 11.8 Å². The van der Waals surface area contributed by atoms with Gasteiger partial charge in [-0.2, -0.15) is 5.10 Å². The zero-order chi connectivity index (χ0) is 10.8. The molecule has 0 unspecified atom stereocenters. The summed E-state index contributed by atoms with van der Waals surface area (Å²) in [4.78, 5) is 0. The molecule has 3 heteroatoms. The molecule has 1 fully saturated rings. The van der Waals surface area contributed by atoms with Gasteiger partial charge in [-0.15, -0.1) is 0 Å². The molecule has 1 aromatic rings. The van der Waals surface area contributed by atoms with Crippen LogP contribution in [0, 0.1) is 6.92 Å². The fourth-order valence-corrected chi connectivity index (χ4v) is 1.67. The third-order valence-corrected chi connectivity index (χ3v) is 2.70. The highest BCUT2D eigenvalue weighted by Crippen LogP contribution is 2.19. The highest BCUT2D eigenvalue weighted by atomic mass is 15.2. The zero-order valence-corrected chi connectivity index (χ0v) is 9.75. The summed E-state index contributed by atoms with van der Waals surface area (Å²) in [5.41, 5.74) is 3.70. The summed E-state index contributed by atoms with van der Waals surface area (Å²) >= 11 is 0. The van der Waals surface area contributed by atoms with E-state index in [9.17, 15) is 0 Å². The topological polar surface area (TPSA) is 29.9 Å². The molecule has 0 saturated heterocycles. The van der Waals surface area contributed by atoms with Gasteiger partial charge in [0.05, 0.1) is 5.69 Å². The molecular weight excluding hydrogens is 186 g/mol. The number of rotatable bonds is 4. The van der Waals surface area contributed by atoms with Crippen LogP contribution in [-0.2, 0) is 7.05 Å². The fraction of sp³-hybridized carbons (Fsp3) is 0.583. The SMILES string of the molecule is CC(=Cc1cn(C)nc1C)CNC1CC1. The molecule has 0 spiro atoms. The molecule has 0 aliphatic heterocycles. The van der Waals surface area contributed by atoms with Gasteiger partial charge in [0.1, 0.15) is 0 Å². The van der Waals surface area contributed by atoms with Crippen LogP contribution < -0.4 is 5.32 Å². The van der Waals surface area contributed by atoms with Crippen molar-refractivity contribution in [1.82, 2.24) is 15.1 Å². The molecule has 82 valence electrons. The summed E-state index contributed by atoms with van der Waals surface area (Å²) in [7, 11) is 1.96. The van der Waals surface area contributed by atoms with Gasteiger partial charge in [-0.3, -0.25) is 4.68 Å². The quantitative estimate of drug-likeness (QED) is 0.813. The monoisotopic (exact) mass is 205 g/mol. The first-order valence-corrected chi connectivity index (χ1v) is 5.56. The van der Waals surface area contributed by atoms with E-state index in [0.717, 1.165) is 18.3 Å². The van der Waals surface area contributed by atoms with Crippen LogP contribution in [0.5, 0.6) is 0 Å². The molecule has 0 amide bonds. The van der Waals surface area contributed by atoms with E-state index in [1.807, 2.05) is 18.7 Å². The minimum Gasteiger partial charge on any atom is -0.310 e. The minimum absolute atomic E-state index is 0.781. The molecule has 1 aliphatic carbocycles. The minimum atomic E-state index is 0.781. The van der Waals surface area contributed by atoms with E-state index in [0.29, 0.717) is 0 Å². The van der Waals surface area contributed by atoms with E-state index < -0.39 is 0 Å². The van der Waals surface area contributed by atoms with Crippen LogP contribution in [0.4, 0.5) is 0 Å². The molecule has 1 aromatic heterocycles. The smallest absolute Gasteiger partial charge is 0.0665 e. The van der Waals surface area contributed by atoms with Gasteiger partial charge in [0, 0.05) is 31.4 Å². The van der Waals surface area contributed by atoms with Crippen molar-refractivity contribution in [2.45, 2.75) is 32.7 Å². The first kappa shape index (κ1) is 10.4. The van der Waals surface area contributed by atoms with Crippen LogP contribution in [0.1, 0.15) is 31.0 Å². The number of hydrogen-bond acceptors (Lipinski definition) is 2. The Kier molecular flexibility index (Phi) is 2.91. The summed E-state index contributed by atoms with van der Waals surface area (Å²) in [6, 6.07) is 0.781. The summed E-state index contributed by atoms with van der Waals surface area (Å²) in [5, 5.41) is 7.83. The van der Waals surface area contributed by atoms with Crippen LogP contribution >= 0.6 is 0 Å². The van der Waals surface area contributed by atoms with Gasteiger partial charge in [-0.25, -0.2) is 0 Å². The number of nitrogens with zero attached hydrogens (tertiary/aromatic N) is 2. The Morgan fingerprint density at radius 3 is 2.93 bits per heavy atom. The van der Waals surface area contributed by atoms with Crippen LogP contribution in [0.2, 0.25) is 0 Å². The lowest BCUT2D eigenvalue weighted by Crippen LogP contribution is -2.18. The number of hydrogen-bond donors (Lipinski definition) is 1. The van der Waals surface area contributed by atoms with Crippen molar-refractivity contribution in [3.8, 4) is 0 Å². The first-order chi connectivity index (χ1) is 7.15. The Hall–Kier alpha value is -1.09. The molecule has 1 N–H and O–H groups in total. The Morgan fingerprint density at radius 1 is 1.67 bits per heavy atom. The van der Waals surface area contributed by atoms with E-state index in [1.54, 1.807) is 0 Å². The van der Waals surface area contributed by atoms with Crippen molar-refractivity contribution in [2.75, 3.05) is 6.54 Å². The predicted molar refractivity (Wildman–Crippen MR) is 62.6 cm³/mol. The van der Waals surface area contributed by atoms with Gasteiger partial charge >= 0.3 is 0 Å². The summed E-state index contributed by atoms with van der Waals surface area (Å²) in [5.74, 6) is 0. The summed E-state index contributed by atoms with van der Waals surface area (Å²) < 4.78 is 1.86. The second-order valence-electron chi connectivity index (χ2n) is 4.49. The second kappa shape index (κ2) is 4.19. The van der Waals surface area contributed by atoms with Crippen LogP contribution in [0.3, 0.4) is 0 Å². The Labute approximate surface area is 91.2 Å². The Balaban J connectivity index is 1.97. The third kappa shape index (κ3) is 2.93.